The molecule has 2 aromatic heterocycles. The Balaban J connectivity index is 2.22. The Morgan fingerprint density at radius 2 is 1.90 bits per heavy atom. The molecule has 0 atom stereocenters. The number of aryl methyl sites for hydroxylation is 3. The van der Waals surface area contributed by atoms with Gasteiger partial charge in [0, 0.05) is 5.56 Å². The van der Waals surface area contributed by atoms with E-state index < -0.39 is 0 Å². The second-order valence-electron chi connectivity index (χ2n) is 4.97. The van der Waals surface area contributed by atoms with Crippen molar-refractivity contribution in [3.63, 3.8) is 0 Å². The van der Waals surface area contributed by atoms with Crippen molar-refractivity contribution in [1.82, 2.24) is 5.16 Å². The summed E-state index contributed by atoms with van der Waals surface area (Å²) in [6.07, 6.45) is 0. The zero-order valence-electron chi connectivity index (χ0n) is 11.7. The number of furan rings is 1. The predicted molar refractivity (Wildman–Crippen MR) is 78.3 cm³/mol. The van der Waals surface area contributed by atoms with Gasteiger partial charge in [-0.2, -0.15) is 0 Å². The topological polar surface area (TPSA) is 65.2 Å². The summed E-state index contributed by atoms with van der Waals surface area (Å²) >= 11 is 0. The molecule has 0 bridgehead atoms. The number of aromatic nitrogens is 1. The van der Waals surface area contributed by atoms with E-state index in [0.717, 1.165) is 39.5 Å². The van der Waals surface area contributed by atoms with Gasteiger partial charge in [-0.3, -0.25) is 0 Å². The van der Waals surface area contributed by atoms with E-state index in [1.54, 1.807) is 0 Å². The molecule has 3 rings (SSSR count). The van der Waals surface area contributed by atoms with Gasteiger partial charge in [0.15, 0.2) is 0 Å². The average Bonchev–Trinajstić information content (AvgIpc) is 2.92. The number of benzene rings is 1. The lowest BCUT2D eigenvalue weighted by atomic mass is 10.00. The van der Waals surface area contributed by atoms with Gasteiger partial charge in [0.05, 0.1) is 5.56 Å². The molecule has 4 heteroatoms. The van der Waals surface area contributed by atoms with E-state index in [-0.39, 0.29) is 0 Å². The summed E-state index contributed by atoms with van der Waals surface area (Å²) in [5.74, 6) is 1.97. The summed E-state index contributed by atoms with van der Waals surface area (Å²) in [6, 6.07) is 10.1. The molecule has 0 radical (unpaired) electrons. The van der Waals surface area contributed by atoms with Crippen LogP contribution >= 0.6 is 0 Å². The van der Waals surface area contributed by atoms with E-state index in [0.29, 0.717) is 5.88 Å². The molecule has 2 heterocycles. The maximum absolute atomic E-state index is 5.96. The molecule has 2 N–H and O–H groups in total. The molecule has 3 aromatic rings. The SMILES string of the molecule is Cc1cccc(-c2c(-c3cc(C)oc3C)noc2N)c1. The Morgan fingerprint density at radius 1 is 1.10 bits per heavy atom. The first-order chi connectivity index (χ1) is 9.56. The number of nitrogens with two attached hydrogens (primary N) is 1. The van der Waals surface area contributed by atoms with E-state index in [2.05, 4.69) is 11.2 Å². The minimum absolute atomic E-state index is 0.323. The maximum Gasteiger partial charge on any atom is 0.230 e. The summed E-state index contributed by atoms with van der Waals surface area (Å²) in [7, 11) is 0. The molecule has 0 aliphatic rings. The fourth-order valence-corrected chi connectivity index (χ4v) is 2.43. The van der Waals surface area contributed by atoms with Gasteiger partial charge >= 0.3 is 0 Å². The Hall–Kier alpha value is -2.49. The summed E-state index contributed by atoms with van der Waals surface area (Å²) in [5.41, 5.74) is 10.6. The van der Waals surface area contributed by atoms with E-state index in [1.807, 2.05) is 45.0 Å². The van der Waals surface area contributed by atoms with Crippen molar-refractivity contribution in [2.24, 2.45) is 0 Å². The second kappa shape index (κ2) is 4.56. The molecule has 0 fully saturated rings. The Kier molecular flexibility index (Phi) is 2.86. The van der Waals surface area contributed by atoms with E-state index in [9.17, 15) is 0 Å². The predicted octanol–water partition coefficient (Wildman–Crippen LogP) is 4.11. The van der Waals surface area contributed by atoms with Crippen LogP contribution in [0.15, 0.2) is 39.3 Å². The standard InChI is InChI=1S/C16H16N2O2/c1-9-5-4-6-12(7-9)14-15(18-20-16(14)17)13-8-10(2)19-11(13)3/h4-8H,17H2,1-3H3. The van der Waals surface area contributed by atoms with Gasteiger partial charge in [-0.25, -0.2) is 0 Å². The van der Waals surface area contributed by atoms with Gasteiger partial charge in [-0.15, -0.1) is 0 Å². The van der Waals surface area contributed by atoms with Crippen LogP contribution in [0, 0.1) is 20.8 Å². The highest BCUT2D eigenvalue weighted by Gasteiger charge is 2.20. The van der Waals surface area contributed by atoms with Crippen molar-refractivity contribution in [3.05, 3.63) is 47.4 Å². The van der Waals surface area contributed by atoms with Gasteiger partial charge in [0.25, 0.3) is 0 Å². The van der Waals surface area contributed by atoms with Crippen LogP contribution in [0.4, 0.5) is 5.88 Å². The molecule has 0 saturated heterocycles. The van der Waals surface area contributed by atoms with Crippen LogP contribution in [0.25, 0.3) is 22.4 Å². The lowest BCUT2D eigenvalue weighted by Crippen LogP contribution is -1.88. The molecular weight excluding hydrogens is 252 g/mol. The van der Waals surface area contributed by atoms with Crippen molar-refractivity contribution < 1.29 is 8.94 Å². The molecule has 0 aliphatic heterocycles. The Labute approximate surface area is 117 Å². The normalized spacial score (nSPS) is 10.9. The number of nitrogen functional groups attached to an aromatic ring is 1. The quantitative estimate of drug-likeness (QED) is 0.759. The van der Waals surface area contributed by atoms with E-state index >= 15 is 0 Å². The molecule has 0 saturated carbocycles. The smallest absolute Gasteiger partial charge is 0.230 e. The molecule has 0 amide bonds. The van der Waals surface area contributed by atoms with Gasteiger partial charge in [0.1, 0.15) is 17.2 Å². The summed E-state index contributed by atoms with van der Waals surface area (Å²) in [4.78, 5) is 0. The first kappa shape index (κ1) is 12.5. The average molecular weight is 268 g/mol. The largest absolute Gasteiger partial charge is 0.466 e. The monoisotopic (exact) mass is 268 g/mol. The third-order valence-electron chi connectivity index (χ3n) is 3.32. The molecule has 102 valence electrons. The summed E-state index contributed by atoms with van der Waals surface area (Å²) < 4.78 is 10.8. The van der Waals surface area contributed by atoms with Crippen molar-refractivity contribution >= 4 is 5.88 Å². The van der Waals surface area contributed by atoms with Crippen molar-refractivity contribution in [2.75, 3.05) is 5.73 Å². The summed E-state index contributed by atoms with van der Waals surface area (Å²) in [5, 5.41) is 4.11. The number of hydrogen-bond acceptors (Lipinski definition) is 4. The van der Waals surface area contributed by atoms with Crippen LogP contribution in [0.5, 0.6) is 0 Å². The molecule has 0 unspecified atom stereocenters. The fraction of sp³-hybridized carbons (Fsp3) is 0.188. The minimum atomic E-state index is 0.323. The Bertz CT molecular complexity index is 769. The van der Waals surface area contributed by atoms with Crippen LogP contribution in [0.3, 0.4) is 0 Å². The number of hydrogen-bond donors (Lipinski definition) is 1. The van der Waals surface area contributed by atoms with Crippen LogP contribution in [0.2, 0.25) is 0 Å². The molecule has 4 nitrogen and oxygen atoms in total. The fourth-order valence-electron chi connectivity index (χ4n) is 2.43. The van der Waals surface area contributed by atoms with E-state index in [1.165, 1.54) is 0 Å². The molecular formula is C16H16N2O2. The molecule has 1 aromatic carbocycles. The lowest BCUT2D eigenvalue weighted by Gasteiger charge is -2.03. The van der Waals surface area contributed by atoms with Gasteiger partial charge < -0.3 is 14.7 Å². The van der Waals surface area contributed by atoms with Crippen molar-refractivity contribution in [2.45, 2.75) is 20.8 Å². The number of anilines is 1. The van der Waals surface area contributed by atoms with Crippen LogP contribution in [0.1, 0.15) is 17.1 Å². The van der Waals surface area contributed by atoms with Gasteiger partial charge in [-0.05, 0) is 32.4 Å². The third kappa shape index (κ3) is 1.99. The van der Waals surface area contributed by atoms with Crippen molar-refractivity contribution in [3.8, 4) is 22.4 Å². The first-order valence-corrected chi connectivity index (χ1v) is 6.46. The maximum atomic E-state index is 5.96. The zero-order chi connectivity index (χ0) is 14.3. The molecule has 0 spiro atoms. The van der Waals surface area contributed by atoms with Crippen LogP contribution in [-0.4, -0.2) is 5.16 Å². The highest BCUT2D eigenvalue weighted by atomic mass is 16.5. The zero-order valence-corrected chi connectivity index (χ0v) is 11.7. The van der Waals surface area contributed by atoms with E-state index in [4.69, 9.17) is 14.7 Å². The third-order valence-corrected chi connectivity index (χ3v) is 3.32. The number of rotatable bonds is 2. The summed E-state index contributed by atoms with van der Waals surface area (Å²) in [6.45, 7) is 5.86. The first-order valence-electron chi connectivity index (χ1n) is 6.46. The van der Waals surface area contributed by atoms with Gasteiger partial charge in [-0.1, -0.05) is 35.0 Å². The molecule has 20 heavy (non-hydrogen) atoms. The number of nitrogens with zero attached hydrogens (tertiary/aromatic N) is 1. The van der Waals surface area contributed by atoms with Crippen LogP contribution < -0.4 is 5.73 Å². The minimum Gasteiger partial charge on any atom is -0.466 e. The second-order valence-corrected chi connectivity index (χ2v) is 4.97. The van der Waals surface area contributed by atoms with Crippen molar-refractivity contribution in [1.29, 1.82) is 0 Å². The molecule has 0 aliphatic carbocycles. The highest BCUT2D eigenvalue weighted by Crippen LogP contribution is 2.38. The van der Waals surface area contributed by atoms with Crippen LogP contribution in [-0.2, 0) is 0 Å². The highest BCUT2D eigenvalue weighted by molar-refractivity contribution is 5.87. The lowest BCUT2D eigenvalue weighted by molar-refractivity contribution is 0.439. The van der Waals surface area contributed by atoms with Gasteiger partial charge in [0.2, 0.25) is 5.88 Å². The Morgan fingerprint density at radius 3 is 2.55 bits per heavy atom.